The van der Waals surface area contributed by atoms with Crippen molar-refractivity contribution in [2.45, 2.75) is 46.1 Å². The molecule has 0 saturated carbocycles. The predicted molar refractivity (Wildman–Crippen MR) is 77.1 cm³/mol. The molecule has 0 bridgehead atoms. The Morgan fingerprint density at radius 2 is 2.05 bits per heavy atom. The molecule has 2 rings (SSSR count). The lowest BCUT2D eigenvalue weighted by atomic mass is 9.94. The van der Waals surface area contributed by atoms with Crippen molar-refractivity contribution in [3.05, 3.63) is 28.8 Å². The number of benzene rings is 1. The van der Waals surface area contributed by atoms with Crippen LogP contribution in [-0.2, 0) is 0 Å². The van der Waals surface area contributed by atoms with E-state index in [2.05, 4.69) is 12.2 Å². The van der Waals surface area contributed by atoms with Gasteiger partial charge in [-0.1, -0.05) is 6.92 Å². The Morgan fingerprint density at radius 3 is 2.58 bits per heavy atom. The van der Waals surface area contributed by atoms with Crippen molar-refractivity contribution >= 4 is 5.78 Å². The third-order valence-electron chi connectivity index (χ3n) is 3.60. The molecule has 1 atom stereocenters. The van der Waals surface area contributed by atoms with Crippen molar-refractivity contribution in [3.8, 4) is 5.75 Å². The van der Waals surface area contributed by atoms with E-state index in [-0.39, 0.29) is 11.8 Å². The highest BCUT2D eigenvalue weighted by Gasteiger charge is 2.25. The lowest BCUT2D eigenvalue weighted by Crippen LogP contribution is -2.31. The van der Waals surface area contributed by atoms with Gasteiger partial charge in [-0.15, -0.1) is 0 Å². The monoisotopic (exact) mass is 261 g/mol. The minimum Gasteiger partial charge on any atom is -0.494 e. The molecule has 0 aromatic heterocycles. The maximum absolute atomic E-state index is 12.5. The van der Waals surface area contributed by atoms with Crippen molar-refractivity contribution in [1.82, 2.24) is 5.32 Å². The van der Waals surface area contributed by atoms with E-state index < -0.39 is 0 Å². The Bertz CT molecular complexity index is 439. The van der Waals surface area contributed by atoms with Crippen LogP contribution in [0.25, 0.3) is 0 Å². The summed E-state index contributed by atoms with van der Waals surface area (Å²) < 4.78 is 5.65. The van der Waals surface area contributed by atoms with Crippen molar-refractivity contribution in [2.24, 2.45) is 0 Å². The van der Waals surface area contributed by atoms with Crippen LogP contribution in [0.2, 0.25) is 0 Å². The Kier molecular flexibility index (Phi) is 4.59. The number of carbonyl (C=O) groups is 1. The number of hydrogen-bond donors (Lipinski definition) is 1. The Hall–Kier alpha value is -1.35. The molecule has 0 aliphatic carbocycles. The van der Waals surface area contributed by atoms with Crippen LogP contribution in [-0.4, -0.2) is 25.0 Å². The Balaban J connectivity index is 2.23. The van der Waals surface area contributed by atoms with Gasteiger partial charge in [0.1, 0.15) is 5.75 Å². The van der Waals surface area contributed by atoms with Crippen molar-refractivity contribution < 1.29 is 9.53 Å². The maximum atomic E-state index is 12.5. The summed E-state index contributed by atoms with van der Waals surface area (Å²) >= 11 is 0. The second-order valence-corrected chi connectivity index (χ2v) is 5.29. The van der Waals surface area contributed by atoms with Crippen molar-refractivity contribution in [2.75, 3.05) is 13.2 Å². The average Bonchev–Trinajstić information content (AvgIpc) is 2.89. The third-order valence-corrected chi connectivity index (χ3v) is 3.60. The van der Waals surface area contributed by atoms with E-state index in [9.17, 15) is 4.79 Å². The number of carbonyl (C=O) groups excluding carboxylic acids is 1. The van der Waals surface area contributed by atoms with Crippen LogP contribution in [0, 0.1) is 13.8 Å². The zero-order valence-electron chi connectivity index (χ0n) is 12.1. The molecule has 1 aromatic rings. The maximum Gasteiger partial charge on any atom is 0.180 e. The molecule has 1 unspecified atom stereocenters. The highest BCUT2D eigenvalue weighted by Crippen LogP contribution is 2.24. The Labute approximate surface area is 115 Å². The first-order chi connectivity index (χ1) is 9.13. The fourth-order valence-corrected chi connectivity index (χ4v) is 2.70. The van der Waals surface area contributed by atoms with Gasteiger partial charge in [0.05, 0.1) is 12.6 Å². The second kappa shape index (κ2) is 6.20. The van der Waals surface area contributed by atoms with Crippen LogP contribution in [0.15, 0.2) is 12.1 Å². The number of ether oxygens (including phenoxy) is 1. The number of aryl methyl sites for hydroxylation is 2. The lowest BCUT2D eigenvalue weighted by Gasteiger charge is -2.15. The third kappa shape index (κ3) is 3.16. The smallest absolute Gasteiger partial charge is 0.180 e. The largest absolute Gasteiger partial charge is 0.494 e. The molecular weight excluding hydrogens is 238 g/mol. The summed E-state index contributed by atoms with van der Waals surface area (Å²) in [6.07, 6.45) is 3.03. The van der Waals surface area contributed by atoms with Crippen LogP contribution < -0.4 is 10.1 Å². The Morgan fingerprint density at radius 1 is 1.37 bits per heavy atom. The van der Waals surface area contributed by atoms with Gasteiger partial charge in [0.2, 0.25) is 0 Å². The first-order valence-electron chi connectivity index (χ1n) is 7.15. The SMILES string of the molecule is CCCOc1cc(C)c(C(=O)C2CCCN2)c(C)c1. The molecule has 0 amide bonds. The first kappa shape index (κ1) is 14.1. The number of hydrogen-bond acceptors (Lipinski definition) is 3. The number of nitrogens with one attached hydrogen (secondary N) is 1. The quantitative estimate of drug-likeness (QED) is 0.828. The van der Waals surface area contributed by atoms with Crippen LogP contribution in [0.3, 0.4) is 0 Å². The van der Waals surface area contributed by atoms with E-state index in [0.29, 0.717) is 0 Å². The highest BCUT2D eigenvalue weighted by atomic mass is 16.5. The van der Waals surface area contributed by atoms with E-state index >= 15 is 0 Å². The van der Waals surface area contributed by atoms with Gasteiger partial charge in [-0.2, -0.15) is 0 Å². The second-order valence-electron chi connectivity index (χ2n) is 5.29. The summed E-state index contributed by atoms with van der Waals surface area (Å²) in [6.45, 7) is 7.74. The van der Waals surface area contributed by atoms with Gasteiger partial charge in [-0.05, 0) is 62.9 Å². The zero-order chi connectivity index (χ0) is 13.8. The summed E-state index contributed by atoms with van der Waals surface area (Å²) in [4.78, 5) is 12.5. The topological polar surface area (TPSA) is 38.3 Å². The molecule has 1 saturated heterocycles. The molecular formula is C16H23NO2. The highest BCUT2D eigenvalue weighted by molar-refractivity contribution is 6.02. The first-order valence-corrected chi connectivity index (χ1v) is 7.15. The van der Waals surface area contributed by atoms with E-state index in [4.69, 9.17) is 4.74 Å². The molecule has 104 valence electrons. The van der Waals surface area contributed by atoms with Crippen LogP contribution in [0.4, 0.5) is 0 Å². The van der Waals surface area contributed by atoms with Gasteiger partial charge in [0.25, 0.3) is 0 Å². The van der Waals surface area contributed by atoms with E-state index in [1.54, 1.807) is 0 Å². The molecule has 3 nitrogen and oxygen atoms in total. The van der Waals surface area contributed by atoms with Gasteiger partial charge >= 0.3 is 0 Å². The summed E-state index contributed by atoms with van der Waals surface area (Å²) in [6, 6.07) is 3.95. The predicted octanol–water partition coefficient (Wildman–Crippen LogP) is 3.03. The molecule has 1 aliphatic heterocycles. The van der Waals surface area contributed by atoms with Crippen LogP contribution >= 0.6 is 0 Å². The molecule has 1 N–H and O–H groups in total. The van der Waals surface area contributed by atoms with Crippen molar-refractivity contribution in [3.63, 3.8) is 0 Å². The standard InChI is InChI=1S/C16H23NO2/c1-4-8-19-13-9-11(2)15(12(3)10-13)16(18)14-6-5-7-17-14/h9-10,14,17H,4-8H2,1-3H3. The minimum absolute atomic E-state index is 0.000176. The van der Waals surface area contributed by atoms with E-state index in [1.807, 2.05) is 26.0 Å². The van der Waals surface area contributed by atoms with Crippen LogP contribution in [0.5, 0.6) is 5.75 Å². The zero-order valence-corrected chi connectivity index (χ0v) is 12.1. The summed E-state index contributed by atoms with van der Waals surface area (Å²) in [5, 5.41) is 3.28. The number of rotatable bonds is 5. The molecule has 0 radical (unpaired) electrons. The van der Waals surface area contributed by atoms with Gasteiger partial charge in [0, 0.05) is 5.56 Å². The normalized spacial score (nSPS) is 18.6. The average molecular weight is 261 g/mol. The fourth-order valence-electron chi connectivity index (χ4n) is 2.70. The van der Waals surface area contributed by atoms with E-state index in [0.717, 1.165) is 54.9 Å². The summed E-state index contributed by atoms with van der Waals surface area (Å²) in [7, 11) is 0. The minimum atomic E-state index is -0.000176. The van der Waals surface area contributed by atoms with Gasteiger partial charge in [-0.3, -0.25) is 4.79 Å². The lowest BCUT2D eigenvalue weighted by molar-refractivity contribution is 0.0951. The van der Waals surface area contributed by atoms with Gasteiger partial charge in [-0.25, -0.2) is 0 Å². The summed E-state index contributed by atoms with van der Waals surface area (Å²) in [5.41, 5.74) is 2.90. The number of Topliss-reactive ketones (excluding diaryl/α,β-unsaturated/α-hetero) is 1. The molecule has 1 aromatic carbocycles. The molecule has 1 fully saturated rings. The molecule has 1 aliphatic rings. The fraction of sp³-hybridized carbons (Fsp3) is 0.562. The van der Waals surface area contributed by atoms with Gasteiger partial charge in [0.15, 0.2) is 5.78 Å². The molecule has 3 heteroatoms. The van der Waals surface area contributed by atoms with Gasteiger partial charge < -0.3 is 10.1 Å². The van der Waals surface area contributed by atoms with E-state index in [1.165, 1.54) is 0 Å². The molecule has 1 heterocycles. The van der Waals surface area contributed by atoms with Crippen molar-refractivity contribution in [1.29, 1.82) is 0 Å². The van der Waals surface area contributed by atoms with Crippen LogP contribution in [0.1, 0.15) is 47.7 Å². The molecule has 0 spiro atoms. The summed E-state index contributed by atoms with van der Waals surface area (Å²) in [5.74, 6) is 1.10. The number of ketones is 1. The molecule has 19 heavy (non-hydrogen) atoms.